The second-order valence-corrected chi connectivity index (χ2v) is 4.78. The minimum absolute atomic E-state index is 0.792. The summed E-state index contributed by atoms with van der Waals surface area (Å²) in [7, 11) is 0. The highest BCUT2D eigenvalue weighted by Gasteiger charge is 1.99. The summed E-state index contributed by atoms with van der Waals surface area (Å²) in [4.78, 5) is 4.67. The highest BCUT2D eigenvalue weighted by molar-refractivity contribution is 5.78. The van der Waals surface area contributed by atoms with Crippen LogP contribution in [0.1, 0.15) is 32.4 Å². The molecule has 0 N–H and O–H groups in total. The van der Waals surface area contributed by atoms with Gasteiger partial charge in [0.25, 0.3) is 0 Å². The van der Waals surface area contributed by atoms with Gasteiger partial charge in [-0.25, -0.2) is 0 Å². The Morgan fingerprint density at radius 2 is 1.88 bits per heavy atom. The Kier molecular flexibility index (Phi) is 3.55. The van der Waals surface area contributed by atoms with Crippen molar-refractivity contribution >= 4 is 10.9 Å². The fourth-order valence-corrected chi connectivity index (χ4v) is 1.94. The maximum Gasteiger partial charge on any atom is 0.0705 e. The van der Waals surface area contributed by atoms with E-state index in [0.29, 0.717) is 0 Å². The quantitative estimate of drug-likeness (QED) is 0.741. The third-order valence-corrected chi connectivity index (χ3v) is 2.87. The number of hydrogen-bond acceptors (Lipinski definition) is 1. The smallest absolute Gasteiger partial charge is 0.0705 e. The largest absolute Gasteiger partial charge is 0.253 e. The zero-order valence-electron chi connectivity index (χ0n) is 10.1. The predicted molar refractivity (Wildman–Crippen MR) is 69.5 cm³/mol. The SMILES string of the molecule is CC(C)CCCc1ccc2ccccc2n1. The summed E-state index contributed by atoms with van der Waals surface area (Å²) >= 11 is 0. The van der Waals surface area contributed by atoms with Gasteiger partial charge in [-0.05, 0) is 30.9 Å². The molecule has 0 unspecified atom stereocenters. The van der Waals surface area contributed by atoms with E-state index in [2.05, 4.69) is 49.2 Å². The molecule has 0 aliphatic heterocycles. The van der Waals surface area contributed by atoms with Crippen LogP contribution in [0.3, 0.4) is 0 Å². The molecule has 0 atom stereocenters. The van der Waals surface area contributed by atoms with Gasteiger partial charge in [-0.2, -0.15) is 0 Å². The summed E-state index contributed by atoms with van der Waals surface area (Å²) in [6.07, 6.45) is 3.63. The number of pyridine rings is 1. The average Bonchev–Trinajstić information content (AvgIpc) is 2.28. The monoisotopic (exact) mass is 213 g/mol. The van der Waals surface area contributed by atoms with Crippen LogP contribution in [0.15, 0.2) is 36.4 Å². The highest BCUT2D eigenvalue weighted by atomic mass is 14.7. The molecule has 0 saturated heterocycles. The molecule has 0 spiro atoms. The molecule has 2 rings (SSSR count). The first-order chi connectivity index (χ1) is 7.75. The fraction of sp³-hybridized carbons (Fsp3) is 0.400. The zero-order valence-corrected chi connectivity index (χ0v) is 10.1. The maximum absolute atomic E-state index is 4.67. The Hall–Kier alpha value is -1.37. The van der Waals surface area contributed by atoms with Crippen LogP contribution in [0.2, 0.25) is 0 Å². The van der Waals surface area contributed by atoms with Gasteiger partial charge in [0.15, 0.2) is 0 Å². The van der Waals surface area contributed by atoms with E-state index in [1.807, 2.05) is 6.07 Å². The summed E-state index contributed by atoms with van der Waals surface area (Å²) in [5.41, 5.74) is 2.34. The number of benzene rings is 1. The third-order valence-electron chi connectivity index (χ3n) is 2.87. The summed E-state index contributed by atoms with van der Waals surface area (Å²) < 4.78 is 0. The number of nitrogens with zero attached hydrogens (tertiary/aromatic N) is 1. The molecular weight excluding hydrogens is 194 g/mol. The molecule has 0 radical (unpaired) electrons. The normalized spacial score (nSPS) is 11.2. The van der Waals surface area contributed by atoms with Crippen molar-refractivity contribution in [2.45, 2.75) is 33.1 Å². The molecule has 84 valence electrons. The van der Waals surface area contributed by atoms with Crippen LogP contribution in [0.4, 0.5) is 0 Å². The van der Waals surface area contributed by atoms with Gasteiger partial charge in [0, 0.05) is 11.1 Å². The molecule has 0 fully saturated rings. The van der Waals surface area contributed by atoms with Gasteiger partial charge in [-0.15, -0.1) is 0 Å². The van der Waals surface area contributed by atoms with Crippen molar-refractivity contribution < 1.29 is 0 Å². The molecule has 1 aromatic carbocycles. The number of hydrogen-bond donors (Lipinski definition) is 0. The molecule has 1 aromatic heterocycles. The van der Waals surface area contributed by atoms with E-state index in [4.69, 9.17) is 0 Å². The molecule has 0 saturated carbocycles. The summed E-state index contributed by atoms with van der Waals surface area (Å²) in [5.74, 6) is 0.792. The molecule has 1 heteroatoms. The van der Waals surface area contributed by atoms with Crippen molar-refractivity contribution in [1.82, 2.24) is 4.98 Å². The van der Waals surface area contributed by atoms with Crippen molar-refractivity contribution in [3.63, 3.8) is 0 Å². The summed E-state index contributed by atoms with van der Waals surface area (Å²) in [6.45, 7) is 4.54. The third kappa shape index (κ3) is 2.82. The molecular formula is C15H19N. The van der Waals surface area contributed by atoms with E-state index in [9.17, 15) is 0 Å². The number of aromatic nitrogens is 1. The van der Waals surface area contributed by atoms with Gasteiger partial charge in [-0.1, -0.05) is 44.5 Å². The maximum atomic E-state index is 4.67. The molecule has 0 aliphatic carbocycles. The van der Waals surface area contributed by atoms with Crippen LogP contribution >= 0.6 is 0 Å². The second kappa shape index (κ2) is 5.11. The van der Waals surface area contributed by atoms with E-state index in [1.165, 1.54) is 23.9 Å². The van der Waals surface area contributed by atoms with Crippen LogP contribution in [-0.4, -0.2) is 4.98 Å². The molecule has 16 heavy (non-hydrogen) atoms. The van der Waals surface area contributed by atoms with Crippen LogP contribution in [0.25, 0.3) is 10.9 Å². The molecule has 2 aromatic rings. The summed E-state index contributed by atoms with van der Waals surface area (Å²) in [5, 5.41) is 1.23. The standard InChI is InChI=1S/C15H19N/c1-12(2)6-5-8-14-11-10-13-7-3-4-9-15(13)16-14/h3-4,7,9-12H,5-6,8H2,1-2H3. The Bertz CT molecular complexity index is 460. The average molecular weight is 213 g/mol. The van der Waals surface area contributed by atoms with Crippen LogP contribution in [0.5, 0.6) is 0 Å². The Morgan fingerprint density at radius 3 is 2.69 bits per heavy atom. The molecule has 0 amide bonds. The first-order valence-corrected chi connectivity index (χ1v) is 6.10. The first kappa shape index (κ1) is 11.1. The van der Waals surface area contributed by atoms with Crippen molar-refractivity contribution in [2.24, 2.45) is 5.92 Å². The number of fused-ring (bicyclic) bond motifs is 1. The van der Waals surface area contributed by atoms with E-state index in [0.717, 1.165) is 17.9 Å². The van der Waals surface area contributed by atoms with Crippen molar-refractivity contribution in [3.05, 3.63) is 42.1 Å². The minimum atomic E-state index is 0.792. The zero-order chi connectivity index (χ0) is 11.4. The number of para-hydroxylation sites is 1. The van der Waals surface area contributed by atoms with Gasteiger partial charge in [0.05, 0.1) is 5.52 Å². The Morgan fingerprint density at radius 1 is 1.06 bits per heavy atom. The van der Waals surface area contributed by atoms with E-state index in [-0.39, 0.29) is 0 Å². The van der Waals surface area contributed by atoms with Gasteiger partial charge < -0.3 is 0 Å². The summed E-state index contributed by atoms with van der Waals surface area (Å²) in [6, 6.07) is 12.6. The van der Waals surface area contributed by atoms with Crippen LogP contribution in [-0.2, 0) is 6.42 Å². The topological polar surface area (TPSA) is 12.9 Å². The van der Waals surface area contributed by atoms with E-state index >= 15 is 0 Å². The van der Waals surface area contributed by atoms with Crippen LogP contribution in [0, 0.1) is 5.92 Å². The number of rotatable bonds is 4. The van der Waals surface area contributed by atoms with Gasteiger partial charge in [0.2, 0.25) is 0 Å². The second-order valence-electron chi connectivity index (χ2n) is 4.78. The van der Waals surface area contributed by atoms with Gasteiger partial charge in [-0.3, -0.25) is 4.98 Å². The lowest BCUT2D eigenvalue weighted by Gasteiger charge is -2.05. The van der Waals surface area contributed by atoms with Crippen molar-refractivity contribution in [3.8, 4) is 0 Å². The minimum Gasteiger partial charge on any atom is -0.253 e. The van der Waals surface area contributed by atoms with Crippen molar-refractivity contribution in [1.29, 1.82) is 0 Å². The molecule has 0 bridgehead atoms. The molecule has 1 heterocycles. The van der Waals surface area contributed by atoms with E-state index < -0.39 is 0 Å². The highest BCUT2D eigenvalue weighted by Crippen LogP contribution is 2.14. The first-order valence-electron chi connectivity index (χ1n) is 6.10. The van der Waals surface area contributed by atoms with E-state index in [1.54, 1.807) is 0 Å². The Labute approximate surface area is 97.5 Å². The molecule has 0 aliphatic rings. The van der Waals surface area contributed by atoms with Crippen molar-refractivity contribution in [2.75, 3.05) is 0 Å². The van der Waals surface area contributed by atoms with Gasteiger partial charge in [0.1, 0.15) is 0 Å². The lowest BCUT2D eigenvalue weighted by molar-refractivity contribution is 0.553. The fourth-order valence-electron chi connectivity index (χ4n) is 1.94. The predicted octanol–water partition coefficient (Wildman–Crippen LogP) is 4.21. The molecule has 1 nitrogen and oxygen atoms in total. The lowest BCUT2D eigenvalue weighted by Crippen LogP contribution is -1.93. The number of aryl methyl sites for hydroxylation is 1. The van der Waals surface area contributed by atoms with Gasteiger partial charge >= 0.3 is 0 Å². The Balaban J connectivity index is 2.08. The lowest BCUT2D eigenvalue weighted by atomic mass is 10.0. The van der Waals surface area contributed by atoms with Crippen LogP contribution < -0.4 is 0 Å².